The Morgan fingerprint density at radius 1 is 0.889 bits per heavy atom. The van der Waals surface area contributed by atoms with Gasteiger partial charge in [0.1, 0.15) is 5.75 Å². The third-order valence-electron chi connectivity index (χ3n) is 2.03. The van der Waals surface area contributed by atoms with Crippen LogP contribution >= 0.6 is 34.8 Å². The Bertz CT molecular complexity index is 517. The average molecular weight is 314 g/mol. The predicted molar refractivity (Wildman–Crippen MR) is 70.8 cm³/mol. The molecule has 1 N–H and O–H groups in total. The zero-order valence-electron chi connectivity index (χ0n) is 10.5. The number of hydrogen-bond acceptors (Lipinski definition) is 2. The summed E-state index contributed by atoms with van der Waals surface area (Å²) in [5, 5.41) is 10.9. The quantitative estimate of drug-likeness (QED) is 0.862. The first-order valence-electron chi connectivity index (χ1n) is 4.67. The van der Waals surface area contributed by atoms with Crippen LogP contribution in [0.3, 0.4) is 0 Å². The van der Waals surface area contributed by atoms with Crippen LogP contribution in [-0.4, -0.2) is 5.11 Å². The Morgan fingerprint density at radius 2 is 1.44 bits per heavy atom. The van der Waals surface area contributed by atoms with Gasteiger partial charge in [0.15, 0.2) is 11.5 Å². The van der Waals surface area contributed by atoms with Crippen LogP contribution in [0.15, 0.2) is 36.4 Å². The van der Waals surface area contributed by atoms with Gasteiger partial charge >= 0.3 is 29.6 Å². The maximum Gasteiger partial charge on any atom is 1.00 e. The molecule has 0 aromatic heterocycles. The van der Waals surface area contributed by atoms with Crippen molar-refractivity contribution in [3.05, 3.63) is 51.5 Å². The van der Waals surface area contributed by atoms with E-state index in [4.69, 9.17) is 39.5 Å². The number of ether oxygens (including phenoxy) is 1. The molecule has 0 aliphatic carbocycles. The fourth-order valence-electron chi connectivity index (χ4n) is 1.25. The van der Waals surface area contributed by atoms with Crippen molar-refractivity contribution in [2.24, 2.45) is 0 Å². The minimum absolute atomic E-state index is 0. The van der Waals surface area contributed by atoms with Crippen molar-refractivity contribution < 1.29 is 40.8 Å². The van der Waals surface area contributed by atoms with E-state index in [1.807, 2.05) is 0 Å². The van der Waals surface area contributed by atoms with E-state index in [1.165, 1.54) is 6.07 Å². The van der Waals surface area contributed by atoms with Crippen LogP contribution in [0.2, 0.25) is 15.1 Å². The first-order valence-corrected chi connectivity index (χ1v) is 5.81. The Hall–Kier alpha value is -0.0900. The van der Waals surface area contributed by atoms with Crippen molar-refractivity contribution in [2.75, 3.05) is 0 Å². The van der Waals surface area contributed by atoms with Crippen molar-refractivity contribution in [1.82, 2.24) is 0 Å². The molecule has 0 heterocycles. The van der Waals surface area contributed by atoms with Crippen LogP contribution in [0.1, 0.15) is 1.43 Å². The number of benzene rings is 2. The normalized spacial score (nSPS) is 9.72. The Morgan fingerprint density at radius 3 is 2.00 bits per heavy atom. The summed E-state index contributed by atoms with van der Waals surface area (Å²) in [4.78, 5) is 0. The maximum atomic E-state index is 9.62. The van der Waals surface area contributed by atoms with E-state index in [-0.39, 0.29) is 42.5 Å². The fourth-order valence-corrected chi connectivity index (χ4v) is 1.87. The van der Waals surface area contributed by atoms with E-state index in [9.17, 15) is 5.11 Å². The van der Waals surface area contributed by atoms with E-state index in [0.29, 0.717) is 20.8 Å². The monoisotopic (exact) mass is 312 g/mol. The number of rotatable bonds is 2. The molecule has 0 bridgehead atoms. The number of aromatic hydroxyl groups is 1. The van der Waals surface area contributed by atoms with Crippen LogP contribution in [0.25, 0.3) is 0 Å². The van der Waals surface area contributed by atoms with Crippen LogP contribution in [0.5, 0.6) is 17.2 Å². The molecular formula is C12H8Cl3NaO2. The summed E-state index contributed by atoms with van der Waals surface area (Å²) in [6.45, 7) is 0. The number of halogens is 3. The molecule has 2 aromatic rings. The van der Waals surface area contributed by atoms with E-state index >= 15 is 0 Å². The third-order valence-corrected chi connectivity index (χ3v) is 2.80. The molecule has 0 saturated carbocycles. The van der Waals surface area contributed by atoms with E-state index in [0.717, 1.165) is 0 Å². The summed E-state index contributed by atoms with van der Waals surface area (Å²) in [5.74, 6) is 0.635. The molecule has 0 spiro atoms. The second kappa shape index (κ2) is 6.90. The van der Waals surface area contributed by atoms with E-state index in [1.54, 1.807) is 30.3 Å². The number of hydrogen-bond donors (Lipinski definition) is 1. The molecule has 0 aliphatic heterocycles. The smallest absolute Gasteiger partial charge is 1.00 e. The van der Waals surface area contributed by atoms with Crippen LogP contribution < -0.4 is 34.3 Å². The summed E-state index contributed by atoms with van der Waals surface area (Å²) in [6, 6.07) is 9.39. The van der Waals surface area contributed by atoms with Gasteiger partial charge in [-0.1, -0.05) is 34.8 Å². The minimum atomic E-state index is -0.0523. The van der Waals surface area contributed by atoms with E-state index in [2.05, 4.69) is 0 Å². The van der Waals surface area contributed by atoms with Crippen molar-refractivity contribution in [1.29, 1.82) is 0 Å². The molecular weight excluding hydrogens is 305 g/mol. The number of phenols is 1. The second-order valence-electron chi connectivity index (χ2n) is 3.29. The van der Waals surface area contributed by atoms with Gasteiger partial charge < -0.3 is 11.3 Å². The maximum absolute atomic E-state index is 9.62. The fraction of sp³-hybridized carbons (Fsp3) is 0. The summed E-state index contributed by atoms with van der Waals surface area (Å²) < 4.78 is 5.45. The minimum Gasteiger partial charge on any atom is -1.00 e. The largest absolute Gasteiger partial charge is 1.00 e. The molecule has 2 rings (SSSR count). The van der Waals surface area contributed by atoms with Gasteiger partial charge in [-0.05, 0) is 30.3 Å². The van der Waals surface area contributed by atoms with Crippen molar-refractivity contribution >= 4 is 34.8 Å². The van der Waals surface area contributed by atoms with Gasteiger partial charge in [0, 0.05) is 16.1 Å². The van der Waals surface area contributed by atoms with Crippen molar-refractivity contribution in [2.45, 2.75) is 0 Å². The van der Waals surface area contributed by atoms with Gasteiger partial charge in [-0.25, -0.2) is 0 Å². The van der Waals surface area contributed by atoms with Crippen molar-refractivity contribution in [3.63, 3.8) is 0 Å². The number of phenolic OH excluding ortho intramolecular Hbond substituents is 1. The SMILES string of the molecule is Oc1cc(Cl)ccc1Oc1ccc(Cl)cc1Cl.[H-].[Na+]. The van der Waals surface area contributed by atoms with Gasteiger partial charge in [0.2, 0.25) is 0 Å². The first-order chi connectivity index (χ1) is 8.06. The van der Waals surface area contributed by atoms with Crippen LogP contribution in [0.4, 0.5) is 0 Å². The molecule has 0 radical (unpaired) electrons. The van der Waals surface area contributed by atoms with Gasteiger partial charge in [-0.3, -0.25) is 0 Å². The Balaban J connectivity index is 0.00000162. The topological polar surface area (TPSA) is 29.5 Å². The summed E-state index contributed by atoms with van der Waals surface area (Å²) in [5.41, 5.74) is 0. The second-order valence-corrected chi connectivity index (χ2v) is 4.57. The predicted octanol–water partition coefficient (Wildman–Crippen LogP) is 2.26. The van der Waals surface area contributed by atoms with Crippen LogP contribution in [-0.2, 0) is 0 Å². The molecule has 0 fully saturated rings. The summed E-state index contributed by atoms with van der Waals surface area (Å²) in [7, 11) is 0. The molecule has 2 aromatic carbocycles. The molecule has 0 atom stereocenters. The van der Waals surface area contributed by atoms with Gasteiger partial charge in [0.25, 0.3) is 0 Å². The van der Waals surface area contributed by atoms with Gasteiger partial charge in [0.05, 0.1) is 5.02 Å². The van der Waals surface area contributed by atoms with Gasteiger partial charge in [-0.15, -0.1) is 0 Å². The summed E-state index contributed by atoms with van der Waals surface area (Å²) in [6.07, 6.45) is 0. The molecule has 0 aliphatic rings. The molecule has 0 unspecified atom stereocenters. The first kappa shape index (κ1) is 16.0. The van der Waals surface area contributed by atoms with E-state index < -0.39 is 0 Å². The molecule has 0 saturated heterocycles. The Kier molecular flexibility index (Phi) is 6.12. The van der Waals surface area contributed by atoms with Gasteiger partial charge in [-0.2, -0.15) is 0 Å². The molecule has 2 nitrogen and oxygen atoms in total. The zero-order chi connectivity index (χ0) is 12.4. The Labute approximate surface area is 143 Å². The van der Waals surface area contributed by atoms with Crippen LogP contribution in [0, 0.1) is 0 Å². The summed E-state index contributed by atoms with van der Waals surface area (Å²) >= 11 is 17.4. The molecule has 90 valence electrons. The molecule has 0 amide bonds. The standard InChI is InChI=1S/C12H7Cl3O2.Na.H/c13-7-1-3-11(9(15)5-7)17-12-4-2-8(14)6-10(12)16;;/h1-6,16H;;/q;+1;-1. The molecule has 18 heavy (non-hydrogen) atoms. The average Bonchev–Trinajstić information content (AvgIpc) is 2.25. The van der Waals surface area contributed by atoms with Crippen molar-refractivity contribution in [3.8, 4) is 17.2 Å². The third kappa shape index (κ3) is 3.95. The zero-order valence-corrected chi connectivity index (χ0v) is 13.7. The molecule has 6 heteroatoms.